The second kappa shape index (κ2) is 7.27. The lowest BCUT2D eigenvalue weighted by Gasteiger charge is -2.23. The number of imide groups is 1. The number of methoxy groups -OCH3 is 1. The molecule has 29 heavy (non-hydrogen) atoms. The van der Waals surface area contributed by atoms with E-state index in [1.165, 1.54) is 12.1 Å². The topological polar surface area (TPSA) is 79.3 Å². The Morgan fingerprint density at radius 3 is 2.48 bits per heavy atom. The number of carbonyl (C=O) groups excluding carboxylic acids is 3. The molecule has 0 spiro atoms. The normalized spacial score (nSPS) is 20.8. The lowest BCUT2D eigenvalue weighted by Crippen LogP contribution is -2.39. The molecule has 0 bridgehead atoms. The van der Waals surface area contributed by atoms with Crippen LogP contribution in [0.1, 0.15) is 5.56 Å². The van der Waals surface area contributed by atoms with E-state index in [4.69, 9.17) is 16.3 Å². The van der Waals surface area contributed by atoms with Crippen molar-refractivity contribution in [1.29, 1.82) is 0 Å². The van der Waals surface area contributed by atoms with Gasteiger partial charge < -0.3 is 4.74 Å². The second-order valence-corrected chi connectivity index (χ2v) is 7.94. The molecule has 2 aliphatic rings. The van der Waals surface area contributed by atoms with Gasteiger partial charge in [-0.2, -0.15) is 5.10 Å². The van der Waals surface area contributed by atoms with Crippen molar-refractivity contribution in [1.82, 2.24) is 0 Å². The predicted molar refractivity (Wildman–Crippen MR) is 112 cm³/mol. The lowest BCUT2D eigenvalue weighted by molar-refractivity contribution is -0.133. The summed E-state index contributed by atoms with van der Waals surface area (Å²) in [4.78, 5) is 40.0. The van der Waals surface area contributed by atoms with Crippen molar-refractivity contribution in [3.05, 3.63) is 57.5 Å². The molecule has 2 atom stereocenters. The summed E-state index contributed by atoms with van der Waals surface area (Å²) in [6, 6.07) is 11.1. The summed E-state index contributed by atoms with van der Waals surface area (Å²) in [6.45, 7) is 1.73. The fourth-order valence-electron chi connectivity index (χ4n) is 3.57. The van der Waals surface area contributed by atoms with Crippen LogP contribution in [0.2, 0.25) is 5.02 Å². The molecule has 2 aromatic rings. The molecule has 7 nitrogen and oxygen atoms in total. The van der Waals surface area contributed by atoms with Gasteiger partial charge in [0.15, 0.2) is 5.71 Å². The number of hydrogen-bond donors (Lipinski definition) is 0. The minimum absolute atomic E-state index is 0.0963. The molecule has 0 radical (unpaired) electrons. The van der Waals surface area contributed by atoms with Gasteiger partial charge in [0, 0.05) is 9.50 Å². The van der Waals surface area contributed by atoms with Gasteiger partial charge in [-0.15, -0.1) is 0 Å². The number of fused-ring (bicyclic) bond motifs is 1. The number of hydrogen-bond acceptors (Lipinski definition) is 6. The largest absolute Gasteiger partial charge is 0.464 e. The zero-order valence-electron chi connectivity index (χ0n) is 15.4. The van der Waals surface area contributed by atoms with Crippen molar-refractivity contribution in [3.8, 4) is 0 Å². The van der Waals surface area contributed by atoms with Crippen LogP contribution in [0.5, 0.6) is 0 Å². The highest BCUT2D eigenvalue weighted by molar-refractivity contribution is 9.10. The predicted octanol–water partition coefficient (Wildman–Crippen LogP) is 3.32. The maximum absolute atomic E-state index is 13.4. The standard InChI is InChI=1S/C20H15BrClN3O4/c1-10-13(22)4-3-5-14(10)24-18(26)15-16(20(28)29-2)23-25(17(15)19(24)27)12-8-6-11(21)7-9-12/h3-9,15,17H,1-2H3. The summed E-state index contributed by atoms with van der Waals surface area (Å²) in [5.41, 5.74) is 1.47. The maximum atomic E-state index is 13.4. The van der Waals surface area contributed by atoms with E-state index in [0.29, 0.717) is 22.0 Å². The van der Waals surface area contributed by atoms with E-state index < -0.39 is 29.7 Å². The van der Waals surface area contributed by atoms with Crippen molar-refractivity contribution < 1.29 is 19.1 Å². The SMILES string of the molecule is COC(=O)C1=NN(c2ccc(Br)cc2)C2C(=O)N(c3cccc(Cl)c3C)C(=O)C12. The Balaban J connectivity index is 1.83. The number of halogens is 2. The maximum Gasteiger partial charge on any atom is 0.355 e. The number of rotatable bonds is 3. The number of anilines is 2. The molecule has 0 N–H and O–H groups in total. The molecule has 2 amide bonds. The van der Waals surface area contributed by atoms with Crippen LogP contribution in [0.4, 0.5) is 11.4 Å². The van der Waals surface area contributed by atoms with Gasteiger partial charge in [-0.05, 0) is 48.9 Å². The highest BCUT2D eigenvalue weighted by Gasteiger charge is 2.59. The van der Waals surface area contributed by atoms with Gasteiger partial charge in [-0.1, -0.05) is 33.6 Å². The smallest absolute Gasteiger partial charge is 0.355 e. The molecule has 0 aliphatic carbocycles. The number of benzene rings is 2. The van der Waals surface area contributed by atoms with Gasteiger partial charge in [0.1, 0.15) is 12.0 Å². The van der Waals surface area contributed by atoms with Gasteiger partial charge in [-0.25, -0.2) is 9.69 Å². The molecule has 0 aromatic heterocycles. The van der Waals surface area contributed by atoms with Crippen molar-refractivity contribution >= 4 is 62.4 Å². The average molecular weight is 477 g/mol. The molecule has 1 fully saturated rings. The Morgan fingerprint density at radius 1 is 1.14 bits per heavy atom. The van der Waals surface area contributed by atoms with Crippen LogP contribution >= 0.6 is 27.5 Å². The van der Waals surface area contributed by atoms with E-state index in [0.717, 1.165) is 9.37 Å². The second-order valence-electron chi connectivity index (χ2n) is 6.62. The molecule has 148 valence electrons. The molecule has 2 unspecified atom stereocenters. The van der Waals surface area contributed by atoms with Crippen molar-refractivity contribution in [2.45, 2.75) is 13.0 Å². The summed E-state index contributed by atoms with van der Waals surface area (Å²) in [7, 11) is 1.21. The number of amides is 2. The van der Waals surface area contributed by atoms with Gasteiger partial charge in [0.05, 0.1) is 18.5 Å². The molecule has 2 aromatic carbocycles. The minimum Gasteiger partial charge on any atom is -0.464 e. The number of esters is 1. The van der Waals surface area contributed by atoms with Crippen LogP contribution in [0.3, 0.4) is 0 Å². The van der Waals surface area contributed by atoms with Crippen LogP contribution < -0.4 is 9.91 Å². The molecule has 0 saturated carbocycles. The number of nitrogens with zero attached hydrogens (tertiary/aromatic N) is 3. The van der Waals surface area contributed by atoms with Gasteiger partial charge in [-0.3, -0.25) is 14.6 Å². The molecular weight excluding hydrogens is 462 g/mol. The fourth-order valence-corrected chi connectivity index (χ4v) is 4.00. The highest BCUT2D eigenvalue weighted by atomic mass is 79.9. The van der Waals surface area contributed by atoms with Crippen LogP contribution in [-0.2, 0) is 19.1 Å². The van der Waals surface area contributed by atoms with Crippen LogP contribution in [0.15, 0.2) is 52.0 Å². The summed E-state index contributed by atoms with van der Waals surface area (Å²) < 4.78 is 5.65. The van der Waals surface area contributed by atoms with Crippen molar-refractivity contribution in [3.63, 3.8) is 0 Å². The Hall–Kier alpha value is -2.71. The first-order chi connectivity index (χ1) is 13.8. The van der Waals surface area contributed by atoms with E-state index in [-0.39, 0.29) is 5.71 Å². The molecule has 4 rings (SSSR count). The average Bonchev–Trinajstić information content (AvgIpc) is 3.22. The third kappa shape index (κ3) is 3.03. The zero-order valence-corrected chi connectivity index (χ0v) is 17.8. The van der Waals surface area contributed by atoms with Crippen molar-refractivity contribution in [2.75, 3.05) is 17.0 Å². The zero-order chi connectivity index (χ0) is 20.9. The quantitative estimate of drug-likeness (QED) is 0.502. The van der Waals surface area contributed by atoms with E-state index in [1.807, 2.05) is 0 Å². The molecule has 9 heteroatoms. The van der Waals surface area contributed by atoms with E-state index in [9.17, 15) is 14.4 Å². The summed E-state index contributed by atoms with van der Waals surface area (Å²) >= 11 is 9.55. The molecule has 2 aliphatic heterocycles. The molecule has 1 saturated heterocycles. The first-order valence-corrected chi connectivity index (χ1v) is 9.86. The molecular formula is C20H15BrClN3O4. The van der Waals surface area contributed by atoms with Crippen LogP contribution in [0, 0.1) is 12.8 Å². The first-order valence-electron chi connectivity index (χ1n) is 8.69. The number of hydrazone groups is 1. The summed E-state index contributed by atoms with van der Waals surface area (Å²) in [6.07, 6.45) is 0. The Bertz CT molecular complexity index is 1070. The monoisotopic (exact) mass is 475 g/mol. The van der Waals surface area contributed by atoms with Crippen LogP contribution in [-0.4, -0.2) is 36.6 Å². The third-order valence-electron chi connectivity index (χ3n) is 5.01. The van der Waals surface area contributed by atoms with Gasteiger partial charge in [0.25, 0.3) is 5.91 Å². The van der Waals surface area contributed by atoms with E-state index in [2.05, 4.69) is 21.0 Å². The van der Waals surface area contributed by atoms with Gasteiger partial charge >= 0.3 is 5.97 Å². The Kier molecular flexibility index (Phi) is 4.92. The number of ether oxygens (including phenoxy) is 1. The Morgan fingerprint density at radius 2 is 1.83 bits per heavy atom. The van der Waals surface area contributed by atoms with E-state index in [1.54, 1.807) is 49.4 Å². The Labute approximate surface area is 180 Å². The van der Waals surface area contributed by atoms with Gasteiger partial charge in [0.2, 0.25) is 5.91 Å². The van der Waals surface area contributed by atoms with E-state index >= 15 is 0 Å². The van der Waals surface area contributed by atoms with Crippen molar-refractivity contribution in [2.24, 2.45) is 11.0 Å². The minimum atomic E-state index is -1.06. The first kappa shape index (κ1) is 19.6. The third-order valence-corrected chi connectivity index (χ3v) is 5.95. The van der Waals surface area contributed by atoms with Crippen LogP contribution in [0.25, 0.3) is 0 Å². The highest BCUT2D eigenvalue weighted by Crippen LogP contribution is 2.39. The molecule has 2 heterocycles. The fraction of sp³-hybridized carbons (Fsp3) is 0.200. The lowest BCUT2D eigenvalue weighted by atomic mass is 9.98. The summed E-state index contributed by atoms with van der Waals surface area (Å²) in [5, 5.41) is 6.12. The number of carbonyl (C=O) groups is 3. The summed E-state index contributed by atoms with van der Waals surface area (Å²) in [5.74, 6) is -2.81.